The highest BCUT2D eigenvalue weighted by Crippen LogP contribution is 2.36. The molecule has 0 bridgehead atoms. The fourth-order valence-corrected chi connectivity index (χ4v) is 5.34. The van der Waals surface area contributed by atoms with Crippen LogP contribution in [0.15, 0.2) is 72.8 Å². The van der Waals surface area contributed by atoms with Gasteiger partial charge in [-0.05, 0) is 45.5 Å². The summed E-state index contributed by atoms with van der Waals surface area (Å²) < 4.78 is 11.7. The zero-order valence-electron chi connectivity index (χ0n) is 20.9. The third-order valence-corrected chi connectivity index (χ3v) is 7.48. The van der Waals surface area contributed by atoms with Crippen LogP contribution in [0.5, 0.6) is 0 Å². The van der Waals surface area contributed by atoms with Crippen molar-refractivity contribution in [3.8, 4) is 22.3 Å². The molecule has 6 unspecified atom stereocenters. The number of hydrogen-bond donors (Lipinski definition) is 6. The molecule has 38 heavy (non-hydrogen) atoms. The number of hydrogen-bond acceptors (Lipinski definition) is 8. The van der Waals surface area contributed by atoms with E-state index in [0.29, 0.717) is 0 Å². The second kappa shape index (κ2) is 11.6. The number of rotatable bonds is 6. The van der Waals surface area contributed by atoms with E-state index in [-0.39, 0.29) is 26.1 Å². The van der Waals surface area contributed by atoms with E-state index >= 15 is 0 Å². The van der Waals surface area contributed by atoms with Gasteiger partial charge in [0.2, 0.25) is 0 Å². The number of aliphatic hydroxyl groups is 6. The summed E-state index contributed by atoms with van der Waals surface area (Å²) in [6, 6.07) is 23.1. The van der Waals surface area contributed by atoms with Crippen LogP contribution in [0.25, 0.3) is 22.3 Å². The van der Waals surface area contributed by atoms with Crippen LogP contribution in [0.3, 0.4) is 0 Å². The molecule has 3 aromatic carbocycles. The molecule has 0 saturated carbocycles. The van der Waals surface area contributed by atoms with Gasteiger partial charge in [-0.2, -0.15) is 0 Å². The second-order valence-corrected chi connectivity index (χ2v) is 10.1. The van der Waals surface area contributed by atoms with E-state index in [1.54, 1.807) is 0 Å². The third-order valence-electron chi connectivity index (χ3n) is 7.48. The maximum absolute atomic E-state index is 10.5. The Morgan fingerprint density at radius 3 is 1.32 bits per heavy atom. The van der Waals surface area contributed by atoms with E-state index in [9.17, 15) is 30.6 Å². The Hall–Kier alpha value is -2.66. The average molecular weight is 523 g/mol. The summed E-state index contributed by atoms with van der Waals surface area (Å²) in [4.78, 5) is 0. The Bertz CT molecular complexity index is 1120. The summed E-state index contributed by atoms with van der Waals surface area (Å²) in [7, 11) is 0. The van der Waals surface area contributed by atoms with Crippen LogP contribution < -0.4 is 0 Å². The number of ether oxygens (including phenoxy) is 2. The van der Waals surface area contributed by atoms with Crippen molar-refractivity contribution in [3.63, 3.8) is 0 Å². The van der Waals surface area contributed by atoms with Crippen molar-refractivity contribution >= 4 is 0 Å². The summed E-state index contributed by atoms with van der Waals surface area (Å²) in [5, 5.41) is 60.4. The summed E-state index contributed by atoms with van der Waals surface area (Å²) in [6.45, 7) is -0.450. The predicted molar refractivity (Wildman–Crippen MR) is 140 cm³/mol. The predicted octanol–water partition coefficient (Wildman–Crippen LogP) is 2.11. The van der Waals surface area contributed by atoms with E-state index in [4.69, 9.17) is 9.47 Å². The SMILES string of the molecule is OCC1CC(O)C(O)[C@@H](c2cccc(-c3ccc(-c4cccc([C@H]5OC(CO)CC(O)C5O)c4)cc3)c2)O1. The van der Waals surface area contributed by atoms with Gasteiger partial charge in [-0.15, -0.1) is 0 Å². The summed E-state index contributed by atoms with van der Waals surface area (Å²) in [5.41, 5.74) is 5.19. The molecular formula is C30H34O8. The van der Waals surface area contributed by atoms with Gasteiger partial charge in [0.1, 0.15) is 24.4 Å². The van der Waals surface area contributed by atoms with Gasteiger partial charge in [0.25, 0.3) is 0 Å². The minimum atomic E-state index is -1.08. The zero-order valence-corrected chi connectivity index (χ0v) is 20.9. The smallest absolute Gasteiger partial charge is 0.111 e. The van der Waals surface area contributed by atoms with Crippen molar-refractivity contribution in [3.05, 3.63) is 83.9 Å². The maximum atomic E-state index is 10.5. The molecule has 3 aromatic rings. The molecule has 5 rings (SSSR count). The lowest BCUT2D eigenvalue weighted by molar-refractivity contribution is -0.179. The van der Waals surface area contributed by atoms with Gasteiger partial charge in [0, 0.05) is 12.8 Å². The Labute approximate surface area is 221 Å². The molecule has 2 aliphatic rings. The molecule has 0 spiro atoms. The fraction of sp³-hybridized carbons (Fsp3) is 0.400. The topological polar surface area (TPSA) is 140 Å². The third kappa shape index (κ3) is 5.54. The molecule has 8 atom stereocenters. The first kappa shape index (κ1) is 26.9. The summed E-state index contributed by atoms with van der Waals surface area (Å²) >= 11 is 0. The van der Waals surface area contributed by atoms with Gasteiger partial charge < -0.3 is 40.1 Å². The Morgan fingerprint density at radius 2 is 0.947 bits per heavy atom. The molecule has 0 aliphatic carbocycles. The van der Waals surface area contributed by atoms with Crippen molar-refractivity contribution in [2.75, 3.05) is 13.2 Å². The van der Waals surface area contributed by atoms with Crippen LogP contribution in [0.2, 0.25) is 0 Å². The summed E-state index contributed by atoms with van der Waals surface area (Å²) in [6.07, 6.45) is -6.27. The van der Waals surface area contributed by atoms with E-state index < -0.39 is 48.8 Å². The molecule has 6 N–H and O–H groups in total. The lowest BCUT2D eigenvalue weighted by Gasteiger charge is -2.37. The van der Waals surface area contributed by atoms with Crippen molar-refractivity contribution in [1.29, 1.82) is 0 Å². The largest absolute Gasteiger partial charge is 0.394 e. The van der Waals surface area contributed by atoms with Gasteiger partial charge in [0.05, 0.1) is 37.6 Å². The minimum absolute atomic E-state index is 0.185. The molecule has 202 valence electrons. The van der Waals surface area contributed by atoms with Gasteiger partial charge >= 0.3 is 0 Å². The van der Waals surface area contributed by atoms with Gasteiger partial charge in [-0.3, -0.25) is 0 Å². The standard InChI is InChI=1S/C30H34O8/c31-15-23-13-25(33)27(35)29(37-23)21-5-1-3-19(11-21)17-7-9-18(10-8-17)20-4-2-6-22(12-20)30-28(36)26(34)14-24(16-32)38-30/h1-12,23-36H,13-16H2/t23?,24?,25?,26?,27?,28?,29-,30-/m1/s1. The monoisotopic (exact) mass is 522 g/mol. The lowest BCUT2D eigenvalue weighted by Crippen LogP contribution is -2.44. The first-order chi connectivity index (χ1) is 18.4. The van der Waals surface area contributed by atoms with Gasteiger partial charge in [0.15, 0.2) is 0 Å². The van der Waals surface area contributed by atoms with Crippen molar-refractivity contribution < 1.29 is 40.1 Å². The Morgan fingerprint density at radius 1 is 0.553 bits per heavy atom. The number of aliphatic hydroxyl groups excluding tert-OH is 6. The normalized spacial score (nSPS) is 31.7. The average Bonchev–Trinajstić information content (AvgIpc) is 2.96. The molecule has 2 heterocycles. The van der Waals surface area contributed by atoms with Gasteiger partial charge in [-0.25, -0.2) is 0 Å². The molecule has 2 saturated heterocycles. The Balaban J connectivity index is 1.36. The van der Waals surface area contributed by atoms with E-state index in [1.165, 1.54) is 0 Å². The van der Waals surface area contributed by atoms with E-state index in [2.05, 4.69) is 0 Å². The van der Waals surface area contributed by atoms with Crippen LogP contribution in [-0.4, -0.2) is 80.5 Å². The lowest BCUT2D eigenvalue weighted by atomic mass is 9.90. The molecule has 0 aromatic heterocycles. The van der Waals surface area contributed by atoms with E-state index in [1.807, 2.05) is 72.8 Å². The highest BCUT2D eigenvalue weighted by atomic mass is 16.5. The Kier molecular flexibility index (Phi) is 8.23. The van der Waals surface area contributed by atoms with Crippen LogP contribution in [0, 0.1) is 0 Å². The van der Waals surface area contributed by atoms with Crippen LogP contribution in [0.1, 0.15) is 36.2 Å². The molecule has 2 aliphatic heterocycles. The van der Waals surface area contributed by atoms with Crippen molar-refractivity contribution in [2.24, 2.45) is 0 Å². The molecule has 8 heteroatoms. The van der Waals surface area contributed by atoms with Gasteiger partial charge in [-0.1, -0.05) is 60.7 Å². The zero-order chi connectivity index (χ0) is 26.8. The highest BCUT2D eigenvalue weighted by Gasteiger charge is 2.38. The van der Waals surface area contributed by atoms with Crippen LogP contribution in [-0.2, 0) is 9.47 Å². The fourth-order valence-electron chi connectivity index (χ4n) is 5.34. The maximum Gasteiger partial charge on any atom is 0.111 e. The second-order valence-electron chi connectivity index (χ2n) is 10.1. The van der Waals surface area contributed by atoms with Crippen LogP contribution >= 0.6 is 0 Å². The molecule has 0 radical (unpaired) electrons. The van der Waals surface area contributed by atoms with E-state index in [0.717, 1.165) is 33.4 Å². The molecular weight excluding hydrogens is 488 g/mol. The molecule has 0 amide bonds. The summed E-state index contributed by atoms with van der Waals surface area (Å²) in [5.74, 6) is 0. The minimum Gasteiger partial charge on any atom is -0.394 e. The quantitative estimate of drug-likeness (QED) is 0.289. The first-order valence-corrected chi connectivity index (χ1v) is 12.9. The molecule has 8 nitrogen and oxygen atoms in total. The van der Waals surface area contributed by atoms with Crippen molar-refractivity contribution in [1.82, 2.24) is 0 Å². The highest BCUT2D eigenvalue weighted by molar-refractivity contribution is 5.71. The van der Waals surface area contributed by atoms with Crippen LogP contribution in [0.4, 0.5) is 0 Å². The van der Waals surface area contributed by atoms with Crippen molar-refractivity contribution in [2.45, 2.75) is 61.7 Å². The number of benzene rings is 3. The first-order valence-electron chi connectivity index (χ1n) is 12.9. The molecule has 2 fully saturated rings.